The van der Waals surface area contributed by atoms with E-state index in [0.717, 1.165) is 41.7 Å². The molecule has 1 aliphatic rings. The molecule has 0 bridgehead atoms. The number of aromatic carboxylic acids is 1. The maximum Gasteiger partial charge on any atom is 0.355 e. The minimum absolute atomic E-state index is 0.0381. The van der Waals surface area contributed by atoms with Crippen LogP contribution in [0.15, 0.2) is 46.7 Å². The molecule has 2 aromatic heterocycles. The van der Waals surface area contributed by atoms with Gasteiger partial charge in [0.1, 0.15) is 16.5 Å². The molecule has 0 atom stereocenters. The second-order valence-electron chi connectivity index (χ2n) is 10.5. The van der Waals surface area contributed by atoms with Gasteiger partial charge in [0, 0.05) is 35.1 Å². The third-order valence-corrected chi connectivity index (χ3v) is 8.62. The van der Waals surface area contributed by atoms with Crippen LogP contribution in [-0.4, -0.2) is 40.5 Å². The smallest absolute Gasteiger partial charge is 0.355 e. The molecule has 2 heterocycles. The maximum absolute atomic E-state index is 14.9. The second-order valence-corrected chi connectivity index (χ2v) is 13.3. The summed E-state index contributed by atoms with van der Waals surface area (Å²) in [6, 6.07) is 8.58. The van der Waals surface area contributed by atoms with Crippen molar-refractivity contribution < 1.29 is 27.1 Å². The van der Waals surface area contributed by atoms with Crippen molar-refractivity contribution in [2.24, 2.45) is 11.8 Å². The summed E-state index contributed by atoms with van der Waals surface area (Å²) in [5.74, 6) is 3.84. The minimum Gasteiger partial charge on any atom is -0.476 e. The highest BCUT2D eigenvalue weighted by Gasteiger charge is 2.29. The first-order chi connectivity index (χ1) is 19.4. The molecular weight excluding hydrogens is 568 g/mol. The summed E-state index contributed by atoms with van der Waals surface area (Å²) < 4.78 is 55.1. The molecule has 0 amide bonds. The number of hydrogen-bond donors (Lipinski definition) is 1. The minimum atomic E-state index is -3.74. The highest BCUT2D eigenvalue weighted by molar-refractivity contribution is 7.90. The summed E-state index contributed by atoms with van der Waals surface area (Å²) in [5.41, 5.74) is 3.27. The Bertz CT molecular complexity index is 1830. The number of hydrogen-bond acceptors (Lipinski definition) is 6. The Morgan fingerprint density at radius 1 is 1.17 bits per heavy atom. The number of rotatable bonds is 8. The lowest BCUT2D eigenvalue weighted by atomic mass is 9.96. The van der Waals surface area contributed by atoms with Gasteiger partial charge in [-0.25, -0.2) is 31.7 Å². The van der Waals surface area contributed by atoms with Gasteiger partial charge in [0.15, 0.2) is 15.5 Å². The molecule has 212 valence electrons. The lowest BCUT2D eigenvalue weighted by Gasteiger charge is -2.10. The van der Waals surface area contributed by atoms with E-state index >= 15 is 0 Å². The number of carboxylic acids is 1. The zero-order chi connectivity index (χ0) is 29.5. The zero-order valence-electron chi connectivity index (χ0n) is 22.6. The molecule has 1 fully saturated rings. The van der Waals surface area contributed by atoms with Gasteiger partial charge in [-0.05, 0) is 61.1 Å². The summed E-state index contributed by atoms with van der Waals surface area (Å²) in [7, 11) is -3.74. The Balaban J connectivity index is 1.70. The fourth-order valence-corrected chi connectivity index (χ4v) is 5.98. The largest absolute Gasteiger partial charge is 0.476 e. The number of aromatic nitrogens is 3. The first-order valence-electron chi connectivity index (χ1n) is 13.0. The lowest BCUT2D eigenvalue weighted by Crippen LogP contribution is -2.06. The van der Waals surface area contributed by atoms with Gasteiger partial charge in [-0.3, -0.25) is 0 Å². The van der Waals surface area contributed by atoms with E-state index in [1.165, 1.54) is 23.6 Å². The molecule has 1 N–H and O–H groups in total. The molecule has 11 heteroatoms. The van der Waals surface area contributed by atoms with Gasteiger partial charge in [-0.1, -0.05) is 31.8 Å². The Hall–Kier alpha value is -3.88. The van der Waals surface area contributed by atoms with Crippen LogP contribution >= 0.6 is 11.3 Å². The normalized spacial score (nSPS) is 13.3. The second kappa shape index (κ2) is 11.2. The number of carbonyl (C=O) groups is 1. The van der Waals surface area contributed by atoms with Crippen molar-refractivity contribution in [1.82, 2.24) is 14.8 Å². The average molecular weight is 596 g/mol. The van der Waals surface area contributed by atoms with Crippen molar-refractivity contribution >= 4 is 27.1 Å². The summed E-state index contributed by atoms with van der Waals surface area (Å²) >= 11 is 1.14. The molecule has 1 saturated carbocycles. The van der Waals surface area contributed by atoms with Crippen molar-refractivity contribution in [3.63, 3.8) is 0 Å². The molecule has 0 spiro atoms. The summed E-state index contributed by atoms with van der Waals surface area (Å²) in [5, 5.41) is 16.1. The lowest BCUT2D eigenvalue weighted by molar-refractivity contribution is 0.0691. The molecule has 1 aliphatic carbocycles. The van der Waals surface area contributed by atoms with E-state index in [4.69, 9.17) is 5.10 Å². The van der Waals surface area contributed by atoms with E-state index in [2.05, 4.69) is 16.8 Å². The predicted molar refractivity (Wildman–Crippen MR) is 152 cm³/mol. The van der Waals surface area contributed by atoms with Crippen LogP contribution in [0.2, 0.25) is 0 Å². The third kappa shape index (κ3) is 6.39. The molecule has 7 nitrogen and oxygen atoms in total. The fraction of sp³-hybridized carbons (Fsp3) is 0.300. The molecule has 0 unspecified atom stereocenters. The highest BCUT2D eigenvalue weighted by Crippen LogP contribution is 2.38. The Morgan fingerprint density at radius 3 is 2.54 bits per heavy atom. The van der Waals surface area contributed by atoms with Crippen molar-refractivity contribution in [1.29, 1.82) is 0 Å². The number of halogens is 2. The van der Waals surface area contributed by atoms with Crippen LogP contribution in [-0.2, 0) is 22.7 Å². The van der Waals surface area contributed by atoms with Gasteiger partial charge in [-0.2, -0.15) is 5.10 Å². The number of benzene rings is 2. The Morgan fingerprint density at radius 2 is 1.93 bits per heavy atom. The molecule has 5 rings (SSSR count). The Labute approximate surface area is 240 Å². The first kappa shape index (κ1) is 28.6. The van der Waals surface area contributed by atoms with E-state index < -0.39 is 27.4 Å². The molecule has 2 aromatic carbocycles. The van der Waals surface area contributed by atoms with Crippen LogP contribution in [0.3, 0.4) is 0 Å². The molecule has 0 saturated heterocycles. The number of sulfone groups is 1. The summed E-state index contributed by atoms with van der Waals surface area (Å²) in [4.78, 5) is 15.4. The quantitative estimate of drug-likeness (QED) is 0.254. The van der Waals surface area contributed by atoms with Crippen LogP contribution in [0.4, 0.5) is 8.78 Å². The average Bonchev–Trinajstić information content (AvgIpc) is 3.45. The van der Waals surface area contributed by atoms with Crippen LogP contribution in [0.5, 0.6) is 0 Å². The monoisotopic (exact) mass is 595 g/mol. The van der Waals surface area contributed by atoms with Crippen LogP contribution in [0.25, 0.3) is 16.4 Å². The van der Waals surface area contributed by atoms with Gasteiger partial charge in [0.25, 0.3) is 0 Å². The highest BCUT2D eigenvalue weighted by atomic mass is 32.2. The first-order valence-corrected chi connectivity index (χ1v) is 15.8. The van der Waals surface area contributed by atoms with E-state index in [1.54, 1.807) is 22.9 Å². The van der Waals surface area contributed by atoms with Gasteiger partial charge < -0.3 is 5.11 Å². The van der Waals surface area contributed by atoms with E-state index in [0.29, 0.717) is 34.3 Å². The molecule has 0 aliphatic heterocycles. The van der Waals surface area contributed by atoms with Gasteiger partial charge >= 0.3 is 5.97 Å². The fourth-order valence-electron chi connectivity index (χ4n) is 4.48. The van der Waals surface area contributed by atoms with E-state index in [-0.39, 0.29) is 28.5 Å². The van der Waals surface area contributed by atoms with Gasteiger partial charge in [0.2, 0.25) is 5.13 Å². The van der Waals surface area contributed by atoms with Crippen LogP contribution in [0.1, 0.15) is 59.6 Å². The molecule has 4 aromatic rings. The third-order valence-electron chi connectivity index (χ3n) is 6.67. The van der Waals surface area contributed by atoms with Gasteiger partial charge in [-0.15, -0.1) is 11.3 Å². The van der Waals surface area contributed by atoms with Gasteiger partial charge in [0.05, 0.1) is 17.0 Å². The zero-order valence-corrected chi connectivity index (χ0v) is 24.2. The van der Waals surface area contributed by atoms with Crippen LogP contribution < -0.4 is 0 Å². The van der Waals surface area contributed by atoms with E-state index in [9.17, 15) is 27.1 Å². The maximum atomic E-state index is 14.9. The van der Waals surface area contributed by atoms with E-state index in [1.807, 2.05) is 13.8 Å². The Kier molecular flexibility index (Phi) is 7.81. The standard InChI is InChI=1S/C30H27F2N3O4S2/c1-17(2)4-8-20-15-21(9-10-23(20)31)28-22(12-19-7-11-27(24(32)13-19)41(3,38)39)26(14-18-5-6-18)35(34-28)30-33-25(16-40-30)29(36)37/h7,9-11,13,15-18H,5-6,12,14H2,1-3H3,(H,36,37). The van der Waals surface area contributed by atoms with Crippen molar-refractivity contribution in [3.05, 3.63) is 81.5 Å². The van der Waals surface area contributed by atoms with Crippen molar-refractivity contribution in [2.45, 2.75) is 44.4 Å². The number of thiazole rings is 1. The molecule has 41 heavy (non-hydrogen) atoms. The topological polar surface area (TPSA) is 102 Å². The SMILES string of the molecule is CC(C)C#Cc1cc(-c2nn(-c3nc(C(=O)O)cs3)c(CC3CC3)c2Cc2ccc(S(C)(=O)=O)c(F)c2)ccc1F. The number of nitrogens with zero attached hydrogens (tertiary/aromatic N) is 3. The predicted octanol–water partition coefficient (Wildman–Crippen LogP) is 5.93. The summed E-state index contributed by atoms with van der Waals surface area (Å²) in [6.07, 6.45) is 3.85. The van der Waals surface area contributed by atoms with Crippen LogP contribution in [0, 0.1) is 35.3 Å². The number of carboxylic acid groups (broad SMARTS) is 1. The summed E-state index contributed by atoms with van der Waals surface area (Å²) in [6.45, 7) is 3.82. The molecular formula is C30H27F2N3O4S2. The van der Waals surface area contributed by atoms with Crippen molar-refractivity contribution in [2.75, 3.05) is 6.26 Å². The van der Waals surface area contributed by atoms with Crippen molar-refractivity contribution in [3.8, 4) is 28.2 Å². The molecule has 0 radical (unpaired) electrons.